The van der Waals surface area contributed by atoms with Crippen LogP contribution in [0.15, 0.2) is 30.3 Å². The largest absolute Gasteiger partial charge is 0.370 e. The average Bonchev–Trinajstić information content (AvgIpc) is 2.27. The Hall–Kier alpha value is -1.15. The van der Waals surface area contributed by atoms with Gasteiger partial charge in [-0.15, -0.1) is 0 Å². The van der Waals surface area contributed by atoms with Gasteiger partial charge in [-0.1, -0.05) is 51.1 Å². The average molecular weight is 234 g/mol. The maximum atomic E-state index is 12.0. The number of hydrogen-bond donors (Lipinski definition) is 0. The minimum absolute atomic E-state index is 0.0551. The predicted molar refractivity (Wildman–Crippen MR) is 70.3 cm³/mol. The number of ether oxygens (including phenoxy) is 1. The number of ketones is 1. The quantitative estimate of drug-likeness (QED) is 0.726. The summed E-state index contributed by atoms with van der Waals surface area (Å²) in [5.74, 6) is 0.0551. The van der Waals surface area contributed by atoms with E-state index in [2.05, 4.69) is 20.8 Å². The zero-order chi connectivity index (χ0) is 12.9. The van der Waals surface area contributed by atoms with Crippen molar-refractivity contribution in [2.45, 2.75) is 40.2 Å². The van der Waals surface area contributed by atoms with Gasteiger partial charge >= 0.3 is 0 Å². The summed E-state index contributed by atoms with van der Waals surface area (Å²) in [5, 5.41) is 0. The highest BCUT2D eigenvalue weighted by atomic mass is 16.5. The lowest BCUT2D eigenvalue weighted by Gasteiger charge is -2.19. The van der Waals surface area contributed by atoms with Crippen molar-refractivity contribution in [3.05, 3.63) is 35.9 Å². The summed E-state index contributed by atoms with van der Waals surface area (Å²) < 4.78 is 5.58. The molecule has 0 fully saturated rings. The summed E-state index contributed by atoms with van der Waals surface area (Å²) in [4.78, 5) is 12.0. The lowest BCUT2D eigenvalue weighted by Crippen LogP contribution is -2.23. The van der Waals surface area contributed by atoms with Gasteiger partial charge in [0.05, 0.1) is 0 Å². The minimum Gasteiger partial charge on any atom is -0.370 e. The van der Waals surface area contributed by atoms with Crippen LogP contribution in [-0.2, 0) is 4.74 Å². The number of benzene rings is 1. The maximum absolute atomic E-state index is 12.0. The molecule has 1 unspecified atom stereocenters. The molecule has 0 aliphatic carbocycles. The molecular formula is C15H22O2. The molecule has 2 heteroatoms. The second-order valence-corrected chi connectivity index (χ2v) is 5.55. The fourth-order valence-electron chi connectivity index (χ4n) is 1.45. The number of carbonyl (C=O) groups is 1. The third-order valence-corrected chi connectivity index (χ3v) is 2.65. The molecule has 2 nitrogen and oxygen atoms in total. The van der Waals surface area contributed by atoms with Crippen molar-refractivity contribution < 1.29 is 9.53 Å². The minimum atomic E-state index is -0.361. The second-order valence-electron chi connectivity index (χ2n) is 5.55. The zero-order valence-electron chi connectivity index (χ0n) is 11.2. The zero-order valence-corrected chi connectivity index (χ0v) is 11.2. The van der Waals surface area contributed by atoms with E-state index in [-0.39, 0.29) is 17.3 Å². The first-order chi connectivity index (χ1) is 7.90. The SMILES string of the molecule is CC(OCCC(C)(C)C)C(=O)c1ccccc1. The highest BCUT2D eigenvalue weighted by Crippen LogP contribution is 2.18. The van der Waals surface area contributed by atoms with Crippen LogP contribution in [0.4, 0.5) is 0 Å². The third kappa shape index (κ3) is 5.14. The van der Waals surface area contributed by atoms with E-state index in [0.29, 0.717) is 6.61 Å². The van der Waals surface area contributed by atoms with Crippen LogP contribution in [0, 0.1) is 5.41 Å². The first-order valence-corrected chi connectivity index (χ1v) is 6.11. The van der Waals surface area contributed by atoms with Gasteiger partial charge in [0.2, 0.25) is 0 Å². The molecule has 0 N–H and O–H groups in total. The second kappa shape index (κ2) is 5.97. The lowest BCUT2D eigenvalue weighted by molar-refractivity contribution is 0.0394. The topological polar surface area (TPSA) is 26.3 Å². The van der Waals surface area contributed by atoms with Crippen LogP contribution >= 0.6 is 0 Å². The molecule has 0 bridgehead atoms. The lowest BCUT2D eigenvalue weighted by atomic mass is 9.93. The molecule has 0 amide bonds. The Morgan fingerprint density at radius 3 is 2.35 bits per heavy atom. The monoisotopic (exact) mass is 234 g/mol. The van der Waals surface area contributed by atoms with Gasteiger partial charge in [-0.2, -0.15) is 0 Å². The van der Waals surface area contributed by atoms with E-state index in [1.54, 1.807) is 0 Å². The summed E-state index contributed by atoms with van der Waals surface area (Å²) in [5.41, 5.74) is 0.964. The fraction of sp³-hybridized carbons (Fsp3) is 0.533. The third-order valence-electron chi connectivity index (χ3n) is 2.65. The molecule has 0 aliphatic rings. The van der Waals surface area contributed by atoms with Crippen LogP contribution in [0.1, 0.15) is 44.5 Å². The van der Waals surface area contributed by atoms with Crippen molar-refractivity contribution >= 4 is 5.78 Å². The van der Waals surface area contributed by atoms with Gasteiger partial charge < -0.3 is 4.74 Å². The van der Waals surface area contributed by atoms with Crippen molar-refractivity contribution in [1.29, 1.82) is 0 Å². The number of carbonyl (C=O) groups excluding carboxylic acids is 1. The van der Waals surface area contributed by atoms with Gasteiger partial charge in [-0.3, -0.25) is 4.79 Å². The standard InChI is InChI=1S/C15H22O2/c1-12(17-11-10-15(2,3)4)14(16)13-8-6-5-7-9-13/h5-9,12H,10-11H2,1-4H3. The molecule has 1 rings (SSSR count). The van der Waals surface area contributed by atoms with Crippen molar-refractivity contribution in [2.75, 3.05) is 6.61 Å². The molecule has 17 heavy (non-hydrogen) atoms. The molecule has 0 aromatic heterocycles. The Morgan fingerprint density at radius 2 is 1.82 bits per heavy atom. The number of rotatable bonds is 5. The molecule has 0 saturated carbocycles. The molecule has 0 saturated heterocycles. The van der Waals surface area contributed by atoms with Gasteiger partial charge in [0, 0.05) is 12.2 Å². The van der Waals surface area contributed by atoms with E-state index < -0.39 is 0 Å². The smallest absolute Gasteiger partial charge is 0.191 e. The predicted octanol–water partition coefficient (Wildman–Crippen LogP) is 3.71. The van der Waals surface area contributed by atoms with Crippen LogP contribution in [0.25, 0.3) is 0 Å². The van der Waals surface area contributed by atoms with Crippen molar-refractivity contribution in [3.8, 4) is 0 Å². The number of hydrogen-bond acceptors (Lipinski definition) is 2. The Labute approximate surface area is 104 Å². The molecular weight excluding hydrogens is 212 g/mol. The Kier molecular flexibility index (Phi) is 4.88. The maximum Gasteiger partial charge on any atom is 0.191 e. The highest BCUT2D eigenvalue weighted by molar-refractivity contribution is 5.99. The Bertz CT molecular complexity index is 349. The number of Topliss-reactive ketones (excluding diaryl/α,β-unsaturated/α-hetero) is 1. The van der Waals surface area contributed by atoms with E-state index in [9.17, 15) is 4.79 Å². The summed E-state index contributed by atoms with van der Waals surface area (Å²) in [6, 6.07) is 9.30. The molecule has 1 aromatic rings. The van der Waals surface area contributed by atoms with Gasteiger partial charge in [0.1, 0.15) is 6.10 Å². The molecule has 1 atom stereocenters. The summed E-state index contributed by atoms with van der Waals surface area (Å²) in [6.07, 6.45) is 0.596. The van der Waals surface area contributed by atoms with E-state index in [1.165, 1.54) is 0 Å². The fourth-order valence-corrected chi connectivity index (χ4v) is 1.45. The van der Waals surface area contributed by atoms with Crippen molar-refractivity contribution in [2.24, 2.45) is 5.41 Å². The van der Waals surface area contributed by atoms with E-state index >= 15 is 0 Å². The van der Waals surface area contributed by atoms with Crippen LogP contribution in [0.5, 0.6) is 0 Å². The van der Waals surface area contributed by atoms with Crippen LogP contribution in [-0.4, -0.2) is 18.5 Å². The Morgan fingerprint density at radius 1 is 1.24 bits per heavy atom. The van der Waals surface area contributed by atoms with Crippen LogP contribution in [0.2, 0.25) is 0 Å². The molecule has 0 radical (unpaired) electrons. The normalized spacial score (nSPS) is 13.4. The van der Waals surface area contributed by atoms with Crippen molar-refractivity contribution in [1.82, 2.24) is 0 Å². The molecule has 0 spiro atoms. The molecule has 0 heterocycles. The summed E-state index contributed by atoms with van der Waals surface area (Å²) in [7, 11) is 0. The van der Waals surface area contributed by atoms with Crippen molar-refractivity contribution in [3.63, 3.8) is 0 Å². The Balaban J connectivity index is 2.43. The highest BCUT2D eigenvalue weighted by Gasteiger charge is 2.17. The van der Waals surface area contributed by atoms with E-state index in [1.807, 2.05) is 37.3 Å². The molecule has 94 valence electrons. The molecule has 0 aliphatic heterocycles. The van der Waals surface area contributed by atoms with Gasteiger partial charge in [0.15, 0.2) is 5.78 Å². The van der Waals surface area contributed by atoms with Crippen LogP contribution in [0.3, 0.4) is 0 Å². The van der Waals surface area contributed by atoms with Gasteiger partial charge in [-0.05, 0) is 18.8 Å². The van der Waals surface area contributed by atoms with Crippen LogP contribution < -0.4 is 0 Å². The first kappa shape index (κ1) is 13.9. The van der Waals surface area contributed by atoms with Gasteiger partial charge in [-0.25, -0.2) is 0 Å². The van der Waals surface area contributed by atoms with Gasteiger partial charge in [0.25, 0.3) is 0 Å². The van der Waals surface area contributed by atoms with E-state index in [0.717, 1.165) is 12.0 Å². The first-order valence-electron chi connectivity index (χ1n) is 6.11. The summed E-state index contributed by atoms with van der Waals surface area (Å²) in [6.45, 7) is 8.95. The molecule has 1 aromatic carbocycles. The van der Waals surface area contributed by atoms with E-state index in [4.69, 9.17) is 4.74 Å². The summed E-state index contributed by atoms with van der Waals surface area (Å²) >= 11 is 0.